The number of hydrogen-bond donors (Lipinski definition) is 1. The van der Waals surface area contributed by atoms with Crippen LogP contribution in [-0.2, 0) is 9.59 Å². The number of nitrogens with zero attached hydrogens (tertiary/aromatic N) is 3. The molecule has 0 spiro atoms. The Morgan fingerprint density at radius 2 is 1.89 bits per heavy atom. The Morgan fingerprint density at radius 1 is 1.06 bits per heavy atom. The molecule has 0 aliphatic carbocycles. The minimum absolute atomic E-state index is 0.0471. The zero-order valence-corrected chi connectivity index (χ0v) is 20.3. The first-order valence-electron chi connectivity index (χ1n) is 11.6. The predicted octanol–water partition coefficient (Wildman–Crippen LogP) is 4.93. The van der Waals surface area contributed by atoms with E-state index in [4.69, 9.17) is 9.72 Å². The number of ether oxygens (including phenoxy) is 1. The van der Waals surface area contributed by atoms with E-state index in [1.54, 1.807) is 12.0 Å². The quantitative estimate of drug-likeness (QED) is 0.451. The average Bonchev–Trinajstić information content (AvgIpc) is 3.44. The average molecular weight is 469 g/mol. The van der Waals surface area contributed by atoms with Crippen LogP contribution in [0.15, 0.2) is 60.9 Å². The molecular formula is C28H28N4O3. The molecule has 1 atom stereocenters. The van der Waals surface area contributed by atoms with E-state index in [1.165, 1.54) is 5.56 Å². The van der Waals surface area contributed by atoms with Crippen LogP contribution < -0.4 is 15.0 Å². The largest absolute Gasteiger partial charge is 0.495 e. The first-order valence-corrected chi connectivity index (χ1v) is 11.6. The van der Waals surface area contributed by atoms with Crippen LogP contribution in [0.3, 0.4) is 0 Å². The van der Waals surface area contributed by atoms with Crippen LogP contribution in [0.1, 0.15) is 23.1 Å². The number of carbonyl (C=O) groups is 2. The summed E-state index contributed by atoms with van der Waals surface area (Å²) in [6.45, 7) is 6.44. The molecule has 7 nitrogen and oxygen atoms in total. The van der Waals surface area contributed by atoms with Crippen molar-refractivity contribution in [3.8, 4) is 17.0 Å². The van der Waals surface area contributed by atoms with Gasteiger partial charge in [0.15, 0.2) is 0 Å². The number of carbonyl (C=O) groups excluding carboxylic acids is 2. The minimum Gasteiger partial charge on any atom is -0.495 e. The fourth-order valence-electron chi connectivity index (χ4n) is 4.45. The molecule has 1 aliphatic heterocycles. The molecule has 35 heavy (non-hydrogen) atoms. The molecule has 0 bridgehead atoms. The first-order chi connectivity index (χ1) is 16.8. The first kappa shape index (κ1) is 22.7. The van der Waals surface area contributed by atoms with Crippen LogP contribution in [0.5, 0.6) is 5.75 Å². The molecule has 4 aromatic rings. The third kappa shape index (κ3) is 4.37. The number of fused-ring (bicyclic) bond motifs is 1. The van der Waals surface area contributed by atoms with Gasteiger partial charge in [-0.05, 0) is 79.9 Å². The van der Waals surface area contributed by atoms with Crippen LogP contribution in [0.4, 0.5) is 11.4 Å². The highest BCUT2D eigenvalue weighted by molar-refractivity contribution is 6.04. The Morgan fingerprint density at radius 3 is 2.66 bits per heavy atom. The normalized spacial score (nSPS) is 15.6. The van der Waals surface area contributed by atoms with E-state index in [0.717, 1.165) is 33.7 Å². The number of aryl methyl sites for hydroxylation is 3. The summed E-state index contributed by atoms with van der Waals surface area (Å²) in [5.41, 5.74) is 7.33. The highest BCUT2D eigenvalue weighted by atomic mass is 16.5. The minimum atomic E-state index is -0.448. The lowest BCUT2D eigenvalue weighted by molar-refractivity contribution is -0.122. The molecule has 1 fully saturated rings. The van der Waals surface area contributed by atoms with Gasteiger partial charge in [-0.1, -0.05) is 6.07 Å². The SMILES string of the molecule is COc1ccc(-c2cn3ccc(C)cc3n2)cc1NC(=O)C1CC(=O)N(c2ccc(C)c(C)c2)C1. The number of imidazole rings is 1. The fraction of sp³-hybridized carbons (Fsp3) is 0.250. The van der Waals surface area contributed by atoms with E-state index in [0.29, 0.717) is 18.0 Å². The van der Waals surface area contributed by atoms with Gasteiger partial charge in [0.1, 0.15) is 11.4 Å². The van der Waals surface area contributed by atoms with Crippen molar-refractivity contribution in [3.63, 3.8) is 0 Å². The van der Waals surface area contributed by atoms with Gasteiger partial charge < -0.3 is 19.4 Å². The standard InChI is InChI=1S/C28H28N4O3/c1-17-9-10-31-16-24(29-26(31)11-17)20-6-8-25(35-4)23(13-20)30-28(34)21-14-27(33)32(15-21)22-7-5-18(2)19(3)12-22/h5-13,16,21H,14-15H2,1-4H3,(H,30,34). The van der Waals surface area contributed by atoms with Gasteiger partial charge >= 0.3 is 0 Å². The van der Waals surface area contributed by atoms with Crippen molar-refractivity contribution in [2.45, 2.75) is 27.2 Å². The predicted molar refractivity (Wildman–Crippen MR) is 137 cm³/mol. The summed E-state index contributed by atoms with van der Waals surface area (Å²) in [6.07, 6.45) is 4.11. The van der Waals surface area contributed by atoms with Gasteiger partial charge in [0.05, 0.1) is 24.4 Å². The summed E-state index contributed by atoms with van der Waals surface area (Å²) in [7, 11) is 1.57. The van der Waals surface area contributed by atoms with Gasteiger partial charge in [-0.15, -0.1) is 0 Å². The number of amides is 2. The van der Waals surface area contributed by atoms with E-state index >= 15 is 0 Å². The Balaban J connectivity index is 1.37. The molecule has 2 amide bonds. The van der Waals surface area contributed by atoms with Gasteiger partial charge in [-0.25, -0.2) is 4.98 Å². The van der Waals surface area contributed by atoms with E-state index in [1.807, 2.05) is 86.1 Å². The second kappa shape index (κ2) is 8.91. The number of anilines is 2. The molecule has 7 heteroatoms. The zero-order valence-electron chi connectivity index (χ0n) is 20.3. The Kier molecular flexibility index (Phi) is 5.76. The number of nitrogens with one attached hydrogen (secondary N) is 1. The van der Waals surface area contributed by atoms with E-state index in [-0.39, 0.29) is 18.2 Å². The van der Waals surface area contributed by atoms with Gasteiger partial charge in [0.25, 0.3) is 0 Å². The third-order valence-electron chi connectivity index (χ3n) is 6.67. The topological polar surface area (TPSA) is 75.9 Å². The second-order valence-corrected chi connectivity index (χ2v) is 9.17. The van der Waals surface area contributed by atoms with Crippen molar-refractivity contribution in [3.05, 3.63) is 77.6 Å². The lowest BCUT2D eigenvalue weighted by Crippen LogP contribution is -2.28. The van der Waals surface area contributed by atoms with Crippen molar-refractivity contribution >= 4 is 28.8 Å². The zero-order chi connectivity index (χ0) is 24.7. The highest BCUT2D eigenvalue weighted by Gasteiger charge is 2.35. The molecule has 1 unspecified atom stereocenters. The molecule has 3 heterocycles. The third-order valence-corrected chi connectivity index (χ3v) is 6.67. The Bertz CT molecular complexity index is 1460. The fourth-order valence-corrected chi connectivity index (χ4v) is 4.45. The van der Waals surface area contributed by atoms with E-state index < -0.39 is 5.92 Å². The molecule has 0 saturated carbocycles. The maximum absolute atomic E-state index is 13.2. The van der Waals surface area contributed by atoms with Crippen molar-refractivity contribution in [1.29, 1.82) is 0 Å². The molecule has 178 valence electrons. The molecular weight excluding hydrogens is 440 g/mol. The summed E-state index contributed by atoms with van der Waals surface area (Å²) in [4.78, 5) is 32.3. The van der Waals surface area contributed by atoms with Gasteiger partial charge in [0.2, 0.25) is 11.8 Å². The summed E-state index contributed by atoms with van der Waals surface area (Å²) < 4.78 is 7.46. The number of rotatable bonds is 5. The van der Waals surface area contributed by atoms with Crippen molar-refractivity contribution in [2.75, 3.05) is 23.9 Å². The monoisotopic (exact) mass is 468 g/mol. The smallest absolute Gasteiger partial charge is 0.229 e. The maximum Gasteiger partial charge on any atom is 0.229 e. The van der Waals surface area contributed by atoms with Crippen LogP contribution in [0, 0.1) is 26.7 Å². The number of pyridine rings is 1. The van der Waals surface area contributed by atoms with Gasteiger partial charge in [-0.3, -0.25) is 9.59 Å². The van der Waals surface area contributed by atoms with Crippen molar-refractivity contribution < 1.29 is 14.3 Å². The van der Waals surface area contributed by atoms with Gasteiger partial charge in [-0.2, -0.15) is 0 Å². The summed E-state index contributed by atoms with van der Waals surface area (Å²) in [5.74, 6) is -0.146. The maximum atomic E-state index is 13.2. The Hall–Kier alpha value is -4.13. The van der Waals surface area contributed by atoms with Crippen molar-refractivity contribution in [1.82, 2.24) is 9.38 Å². The molecule has 1 aliphatic rings. The lowest BCUT2D eigenvalue weighted by Gasteiger charge is -2.18. The van der Waals surface area contributed by atoms with Gasteiger partial charge in [0, 0.05) is 36.6 Å². The van der Waals surface area contributed by atoms with Crippen LogP contribution >= 0.6 is 0 Å². The number of hydrogen-bond acceptors (Lipinski definition) is 4. The molecule has 1 N–H and O–H groups in total. The molecule has 2 aromatic heterocycles. The summed E-state index contributed by atoms with van der Waals surface area (Å²) in [6, 6.07) is 15.6. The number of aromatic nitrogens is 2. The molecule has 2 aromatic carbocycles. The molecule has 1 saturated heterocycles. The molecule has 0 radical (unpaired) electrons. The van der Waals surface area contributed by atoms with Crippen LogP contribution in [-0.4, -0.2) is 34.9 Å². The summed E-state index contributed by atoms with van der Waals surface area (Å²) in [5, 5.41) is 2.99. The Labute approximate surface area is 204 Å². The summed E-state index contributed by atoms with van der Waals surface area (Å²) >= 11 is 0. The van der Waals surface area contributed by atoms with Crippen LogP contribution in [0.25, 0.3) is 16.9 Å². The van der Waals surface area contributed by atoms with E-state index in [9.17, 15) is 9.59 Å². The number of benzene rings is 2. The molecule has 5 rings (SSSR count). The lowest BCUT2D eigenvalue weighted by atomic mass is 10.1. The van der Waals surface area contributed by atoms with E-state index in [2.05, 4.69) is 5.32 Å². The highest BCUT2D eigenvalue weighted by Crippen LogP contribution is 2.32. The van der Waals surface area contributed by atoms with Crippen LogP contribution in [0.2, 0.25) is 0 Å². The second-order valence-electron chi connectivity index (χ2n) is 9.17. The van der Waals surface area contributed by atoms with Crippen molar-refractivity contribution in [2.24, 2.45) is 5.92 Å². The number of methoxy groups -OCH3 is 1.